The zero-order valence-electron chi connectivity index (χ0n) is 18.9. The molecule has 32 heavy (non-hydrogen) atoms. The van der Waals surface area contributed by atoms with Gasteiger partial charge in [-0.3, -0.25) is 0 Å². The summed E-state index contributed by atoms with van der Waals surface area (Å²) in [5, 5.41) is 2.42. The zero-order chi connectivity index (χ0) is 22.7. The number of nitrogens with zero attached hydrogens (tertiary/aromatic N) is 1. The highest BCUT2D eigenvalue weighted by molar-refractivity contribution is 9.10. The molecule has 168 valence electrons. The second kappa shape index (κ2) is 9.63. The van der Waals surface area contributed by atoms with Gasteiger partial charge in [-0.05, 0) is 67.3 Å². The molecule has 3 aromatic rings. The van der Waals surface area contributed by atoms with E-state index in [-0.39, 0.29) is 18.1 Å². The number of likely N-dealkylation sites (tertiary alicyclic amines) is 1. The van der Waals surface area contributed by atoms with Crippen LogP contribution in [0, 0.1) is 0 Å². The summed E-state index contributed by atoms with van der Waals surface area (Å²) < 4.78 is 13.1. The number of carbonyl (C=O) groups is 1. The minimum atomic E-state index is -0.514. The SMILES string of the molecule is CC(C)(C)OC(=O)N1CCC(c2cccc(Br)c2)C(OCc2ccc3ccccc3c2)C1. The first kappa shape index (κ1) is 22.8. The molecule has 0 N–H and O–H groups in total. The minimum absolute atomic E-state index is 0.114. The van der Waals surface area contributed by atoms with Crippen molar-refractivity contribution in [2.24, 2.45) is 0 Å². The van der Waals surface area contributed by atoms with E-state index in [0.717, 1.165) is 16.5 Å². The first-order valence-electron chi connectivity index (χ1n) is 11.1. The maximum Gasteiger partial charge on any atom is 0.410 e. The van der Waals surface area contributed by atoms with Crippen LogP contribution in [0.4, 0.5) is 4.79 Å². The van der Waals surface area contributed by atoms with Gasteiger partial charge in [-0.2, -0.15) is 0 Å². The van der Waals surface area contributed by atoms with Gasteiger partial charge in [-0.25, -0.2) is 4.79 Å². The van der Waals surface area contributed by atoms with Crippen molar-refractivity contribution >= 4 is 32.8 Å². The molecule has 1 amide bonds. The fourth-order valence-corrected chi connectivity index (χ4v) is 4.65. The lowest BCUT2D eigenvalue weighted by Gasteiger charge is -2.39. The molecule has 0 saturated carbocycles. The summed E-state index contributed by atoms with van der Waals surface area (Å²) >= 11 is 3.59. The lowest BCUT2D eigenvalue weighted by molar-refractivity contribution is -0.0359. The molecule has 4 rings (SSSR count). The number of hydrogen-bond donors (Lipinski definition) is 0. The van der Waals surface area contributed by atoms with Crippen molar-refractivity contribution in [2.45, 2.75) is 51.4 Å². The first-order chi connectivity index (χ1) is 15.3. The van der Waals surface area contributed by atoms with Crippen LogP contribution in [0.25, 0.3) is 10.8 Å². The molecule has 0 aromatic heterocycles. The second-order valence-electron chi connectivity index (χ2n) is 9.41. The van der Waals surface area contributed by atoms with Crippen molar-refractivity contribution < 1.29 is 14.3 Å². The van der Waals surface area contributed by atoms with Crippen LogP contribution in [0.3, 0.4) is 0 Å². The van der Waals surface area contributed by atoms with Crippen LogP contribution in [-0.4, -0.2) is 35.8 Å². The Morgan fingerprint density at radius 3 is 2.56 bits per heavy atom. The molecule has 1 fully saturated rings. The van der Waals surface area contributed by atoms with Crippen LogP contribution in [-0.2, 0) is 16.1 Å². The van der Waals surface area contributed by atoms with Crippen molar-refractivity contribution in [1.29, 1.82) is 0 Å². The second-order valence-corrected chi connectivity index (χ2v) is 10.3. The van der Waals surface area contributed by atoms with Crippen LogP contribution < -0.4 is 0 Å². The van der Waals surface area contributed by atoms with Crippen molar-refractivity contribution in [3.63, 3.8) is 0 Å². The number of piperidine rings is 1. The Labute approximate surface area is 198 Å². The highest BCUT2D eigenvalue weighted by Gasteiger charge is 2.35. The Balaban J connectivity index is 1.52. The Bertz CT molecular complexity index is 1090. The van der Waals surface area contributed by atoms with Crippen molar-refractivity contribution in [1.82, 2.24) is 4.90 Å². The average Bonchev–Trinajstić information content (AvgIpc) is 2.76. The number of carbonyl (C=O) groups excluding carboxylic acids is 1. The normalized spacial score (nSPS) is 19.2. The molecule has 1 heterocycles. The van der Waals surface area contributed by atoms with Gasteiger partial charge < -0.3 is 14.4 Å². The van der Waals surface area contributed by atoms with Crippen LogP contribution >= 0.6 is 15.9 Å². The smallest absolute Gasteiger partial charge is 0.410 e. The number of fused-ring (bicyclic) bond motifs is 1. The van der Waals surface area contributed by atoms with E-state index >= 15 is 0 Å². The largest absolute Gasteiger partial charge is 0.444 e. The molecule has 0 spiro atoms. The number of benzene rings is 3. The Kier molecular flexibility index (Phi) is 6.87. The van der Waals surface area contributed by atoms with E-state index in [1.54, 1.807) is 4.90 Å². The summed E-state index contributed by atoms with van der Waals surface area (Å²) in [6.45, 7) is 7.36. The molecule has 5 heteroatoms. The van der Waals surface area contributed by atoms with Gasteiger partial charge in [0.15, 0.2) is 0 Å². The Morgan fingerprint density at radius 1 is 1.03 bits per heavy atom. The highest BCUT2D eigenvalue weighted by Crippen LogP contribution is 2.33. The van der Waals surface area contributed by atoms with E-state index in [4.69, 9.17) is 9.47 Å². The topological polar surface area (TPSA) is 38.8 Å². The summed E-state index contributed by atoms with van der Waals surface area (Å²) in [7, 11) is 0. The van der Waals surface area contributed by atoms with E-state index in [0.29, 0.717) is 19.7 Å². The molecule has 4 nitrogen and oxygen atoms in total. The van der Waals surface area contributed by atoms with Gasteiger partial charge in [0.25, 0.3) is 0 Å². The molecule has 0 radical (unpaired) electrons. The third-order valence-electron chi connectivity index (χ3n) is 5.77. The monoisotopic (exact) mass is 495 g/mol. The third kappa shape index (κ3) is 5.70. The molecular weight excluding hydrogens is 466 g/mol. The van der Waals surface area contributed by atoms with Crippen molar-refractivity contribution in [3.05, 3.63) is 82.3 Å². The molecule has 1 aliphatic rings. The molecule has 1 saturated heterocycles. The number of halogens is 1. The highest BCUT2D eigenvalue weighted by atomic mass is 79.9. The zero-order valence-corrected chi connectivity index (χ0v) is 20.5. The van der Waals surface area contributed by atoms with E-state index < -0.39 is 5.60 Å². The maximum absolute atomic E-state index is 12.7. The van der Waals surface area contributed by atoms with Crippen LogP contribution in [0.1, 0.15) is 44.2 Å². The van der Waals surface area contributed by atoms with Gasteiger partial charge in [-0.1, -0.05) is 64.5 Å². The van der Waals surface area contributed by atoms with Crippen LogP contribution in [0.2, 0.25) is 0 Å². The molecular formula is C27H30BrNO3. The third-order valence-corrected chi connectivity index (χ3v) is 6.26. The molecule has 1 aliphatic heterocycles. The van der Waals surface area contributed by atoms with Gasteiger partial charge in [0, 0.05) is 16.9 Å². The fraction of sp³-hybridized carbons (Fsp3) is 0.370. The summed E-state index contributed by atoms with van der Waals surface area (Å²) in [6.07, 6.45) is 0.444. The van der Waals surface area contributed by atoms with Gasteiger partial charge in [0.2, 0.25) is 0 Å². The molecule has 0 aliphatic carbocycles. The average molecular weight is 496 g/mol. The van der Waals surface area contributed by atoms with Crippen molar-refractivity contribution in [2.75, 3.05) is 13.1 Å². The van der Waals surface area contributed by atoms with Gasteiger partial charge in [0.05, 0.1) is 19.3 Å². The van der Waals surface area contributed by atoms with Gasteiger partial charge >= 0.3 is 6.09 Å². The quantitative estimate of drug-likeness (QED) is 0.394. The number of rotatable bonds is 4. The van der Waals surface area contributed by atoms with E-state index in [9.17, 15) is 4.79 Å². The molecule has 3 aromatic carbocycles. The van der Waals surface area contributed by atoms with Crippen molar-refractivity contribution in [3.8, 4) is 0 Å². The lowest BCUT2D eigenvalue weighted by Crippen LogP contribution is -2.48. The summed E-state index contributed by atoms with van der Waals surface area (Å²) in [6, 6.07) is 23.1. The van der Waals surface area contributed by atoms with Gasteiger partial charge in [-0.15, -0.1) is 0 Å². The minimum Gasteiger partial charge on any atom is -0.444 e. The van der Waals surface area contributed by atoms with Gasteiger partial charge in [0.1, 0.15) is 5.60 Å². The molecule has 2 unspecified atom stereocenters. The maximum atomic E-state index is 12.7. The number of ether oxygens (including phenoxy) is 2. The summed E-state index contributed by atoms with van der Waals surface area (Å²) in [5.41, 5.74) is 1.84. The number of amides is 1. The molecule has 2 atom stereocenters. The first-order valence-corrected chi connectivity index (χ1v) is 11.9. The fourth-order valence-electron chi connectivity index (χ4n) is 4.23. The van der Waals surface area contributed by atoms with E-state index in [1.807, 2.05) is 32.9 Å². The van der Waals surface area contributed by atoms with Crippen LogP contribution in [0.15, 0.2) is 71.2 Å². The van der Waals surface area contributed by atoms with E-state index in [1.165, 1.54) is 16.3 Å². The standard InChI is InChI=1S/C27H30BrNO3/c1-27(2,3)32-26(30)29-14-13-24(22-9-6-10-23(28)16-22)25(17-29)31-18-19-11-12-20-7-4-5-8-21(20)15-19/h4-12,15-16,24-25H,13-14,17-18H2,1-3H3. The Morgan fingerprint density at radius 2 is 1.81 bits per heavy atom. The van der Waals surface area contributed by atoms with Crippen LogP contribution in [0.5, 0.6) is 0 Å². The molecule has 0 bridgehead atoms. The summed E-state index contributed by atoms with van der Waals surface area (Å²) in [4.78, 5) is 14.5. The van der Waals surface area contributed by atoms with E-state index in [2.05, 4.69) is 70.5 Å². The Hall–Kier alpha value is -2.37. The predicted octanol–water partition coefficient (Wildman–Crippen LogP) is 6.91. The predicted molar refractivity (Wildman–Crippen MR) is 132 cm³/mol. The summed E-state index contributed by atoms with van der Waals surface area (Å²) in [5.74, 6) is 0.214. The lowest BCUT2D eigenvalue weighted by atomic mass is 9.87. The number of hydrogen-bond acceptors (Lipinski definition) is 3.